The van der Waals surface area contributed by atoms with Crippen LogP contribution in [0.25, 0.3) is 0 Å². The second kappa shape index (κ2) is 6.87. The highest BCUT2D eigenvalue weighted by Gasteiger charge is 2.15. The molecule has 1 N–H and O–H groups in total. The van der Waals surface area contributed by atoms with Crippen LogP contribution in [-0.2, 0) is 6.42 Å². The monoisotopic (exact) mass is 288 g/mol. The zero-order chi connectivity index (χ0) is 14.5. The molecule has 0 aliphatic heterocycles. The number of halogens is 1. The SMILES string of the molecule is CCNC(Cc1cccc(Cl)c1)c1ncc(C)cc1C. The number of aromatic nitrogens is 1. The molecule has 0 bridgehead atoms. The Kier molecular flexibility index (Phi) is 5.16. The lowest BCUT2D eigenvalue weighted by Crippen LogP contribution is -2.24. The molecule has 3 heteroatoms. The Labute approximate surface area is 126 Å². The quantitative estimate of drug-likeness (QED) is 0.890. The average molecular weight is 289 g/mol. The number of hydrogen-bond acceptors (Lipinski definition) is 2. The lowest BCUT2D eigenvalue weighted by atomic mass is 9.99. The van der Waals surface area contributed by atoms with Crippen molar-refractivity contribution in [3.05, 3.63) is 63.9 Å². The van der Waals surface area contributed by atoms with E-state index in [0.29, 0.717) is 0 Å². The number of benzene rings is 1. The topological polar surface area (TPSA) is 24.9 Å². The molecule has 2 aromatic rings. The van der Waals surface area contributed by atoms with Crippen LogP contribution in [-0.4, -0.2) is 11.5 Å². The van der Waals surface area contributed by atoms with Crippen LogP contribution in [0.1, 0.15) is 35.3 Å². The molecular formula is C17H21ClN2. The smallest absolute Gasteiger partial charge is 0.0605 e. The summed E-state index contributed by atoms with van der Waals surface area (Å²) in [4.78, 5) is 4.62. The van der Waals surface area contributed by atoms with E-state index in [4.69, 9.17) is 11.6 Å². The van der Waals surface area contributed by atoms with Crippen molar-refractivity contribution in [2.75, 3.05) is 6.54 Å². The molecule has 1 aromatic heterocycles. The van der Waals surface area contributed by atoms with Crippen LogP contribution in [0.15, 0.2) is 36.5 Å². The van der Waals surface area contributed by atoms with Crippen molar-refractivity contribution in [2.45, 2.75) is 33.2 Å². The third-order valence-electron chi connectivity index (χ3n) is 3.36. The van der Waals surface area contributed by atoms with Gasteiger partial charge in [-0.25, -0.2) is 0 Å². The first kappa shape index (κ1) is 15.0. The summed E-state index contributed by atoms with van der Waals surface area (Å²) in [5.41, 5.74) is 4.78. The molecule has 1 unspecified atom stereocenters. The van der Waals surface area contributed by atoms with E-state index >= 15 is 0 Å². The van der Waals surface area contributed by atoms with E-state index in [9.17, 15) is 0 Å². The van der Waals surface area contributed by atoms with Crippen LogP contribution in [0.4, 0.5) is 0 Å². The van der Waals surface area contributed by atoms with Gasteiger partial charge in [0.15, 0.2) is 0 Å². The Hall–Kier alpha value is -1.38. The molecule has 0 amide bonds. The highest BCUT2D eigenvalue weighted by atomic mass is 35.5. The third-order valence-corrected chi connectivity index (χ3v) is 3.60. The van der Waals surface area contributed by atoms with E-state index in [1.807, 2.05) is 24.4 Å². The molecule has 1 aromatic carbocycles. The van der Waals surface area contributed by atoms with Crippen molar-refractivity contribution < 1.29 is 0 Å². The van der Waals surface area contributed by atoms with E-state index in [2.05, 4.69) is 43.2 Å². The third kappa shape index (κ3) is 3.81. The molecule has 1 atom stereocenters. The minimum atomic E-state index is 0.221. The largest absolute Gasteiger partial charge is 0.309 e. The van der Waals surface area contributed by atoms with E-state index in [1.54, 1.807) is 0 Å². The molecule has 0 spiro atoms. The number of nitrogens with one attached hydrogen (secondary N) is 1. The molecule has 0 fully saturated rings. The number of rotatable bonds is 5. The van der Waals surface area contributed by atoms with Gasteiger partial charge in [0.05, 0.1) is 11.7 Å². The fourth-order valence-electron chi connectivity index (χ4n) is 2.50. The molecule has 0 saturated carbocycles. The summed E-state index contributed by atoms with van der Waals surface area (Å²) >= 11 is 6.07. The van der Waals surface area contributed by atoms with E-state index in [-0.39, 0.29) is 6.04 Å². The van der Waals surface area contributed by atoms with Gasteiger partial charge in [0.25, 0.3) is 0 Å². The van der Waals surface area contributed by atoms with Crippen molar-refractivity contribution in [3.8, 4) is 0 Å². The molecule has 2 nitrogen and oxygen atoms in total. The van der Waals surface area contributed by atoms with E-state index in [0.717, 1.165) is 23.7 Å². The Morgan fingerprint density at radius 1 is 1.25 bits per heavy atom. The van der Waals surface area contributed by atoms with Gasteiger partial charge in [-0.3, -0.25) is 4.98 Å². The summed E-state index contributed by atoms with van der Waals surface area (Å²) in [6.45, 7) is 7.23. The summed E-state index contributed by atoms with van der Waals surface area (Å²) in [7, 11) is 0. The van der Waals surface area contributed by atoms with Crippen molar-refractivity contribution in [1.82, 2.24) is 10.3 Å². The Bertz CT molecular complexity index is 581. The van der Waals surface area contributed by atoms with Crippen molar-refractivity contribution in [1.29, 1.82) is 0 Å². The highest BCUT2D eigenvalue weighted by molar-refractivity contribution is 6.30. The Morgan fingerprint density at radius 2 is 2.05 bits per heavy atom. The number of hydrogen-bond donors (Lipinski definition) is 1. The van der Waals surface area contributed by atoms with Gasteiger partial charge < -0.3 is 5.32 Å². The summed E-state index contributed by atoms with van der Waals surface area (Å²) in [5.74, 6) is 0. The fraction of sp³-hybridized carbons (Fsp3) is 0.353. The summed E-state index contributed by atoms with van der Waals surface area (Å²) < 4.78 is 0. The van der Waals surface area contributed by atoms with Gasteiger partial charge in [-0.05, 0) is 55.6 Å². The van der Waals surface area contributed by atoms with Crippen molar-refractivity contribution in [3.63, 3.8) is 0 Å². The van der Waals surface area contributed by atoms with Gasteiger partial charge in [-0.1, -0.05) is 36.7 Å². The van der Waals surface area contributed by atoms with Gasteiger partial charge in [0, 0.05) is 11.2 Å². The van der Waals surface area contributed by atoms with Gasteiger partial charge in [0.1, 0.15) is 0 Å². The van der Waals surface area contributed by atoms with Gasteiger partial charge in [-0.2, -0.15) is 0 Å². The van der Waals surface area contributed by atoms with Gasteiger partial charge in [-0.15, -0.1) is 0 Å². The molecular weight excluding hydrogens is 268 g/mol. The van der Waals surface area contributed by atoms with Crippen molar-refractivity contribution >= 4 is 11.6 Å². The van der Waals surface area contributed by atoms with Crippen LogP contribution < -0.4 is 5.32 Å². The first-order valence-corrected chi connectivity index (χ1v) is 7.39. The molecule has 0 aliphatic rings. The van der Waals surface area contributed by atoms with Crippen molar-refractivity contribution in [2.24, 2.45) is 0 Å². The normalized spacial score (nSPS) is 12.4. The molecule has 1 heterocycles. The van der Waals surface area contributed by atoms with E-state index < -0.39 is 0 Å². The molecule has 2 rings (SSSR count). The molecule has 106 valence electrons. The standard InChI is InChI=1S/C17H21ClN2/c1-4-19-16(10-14-6-5-7-15(18)9-14)17-13(3)8-12(2)11-20-17/h5-9,11,16,19H,4,10H2,1-3H3. The first-order chi connectivity index (χ1) is 9.60. The molecule has 20 heavy (non-hydrogen) atoms. The minimum Gasteiger partial charge on any atom is -0.309 e. The van der Waals surface area contributed by atoms with Crippen LogP contribution in [0.5, 0.6) is 0 Å². The van der Waals surface area contributed by atoms with Crippen LogP contribution in [0.2, 0.25) is 5.02 Å². The Balaban J connectivity index is 2.26. The van der Waals surface area contributed by atoms with E-state index in [1.165, 1.54) is 16.7 Å². The zero-order valence-corrected chi connectivity index (χ0v) is 13.0. The molecule has 0 saturated heterocycles. The maximum absolute atomic E-state index is 6.07. The maximum Gasteiger partial charge on any atom is 0.0605 e. The summed E-state index contributed by atoms with van der Waals surface area (Å²) in [5, 5.41) is 4.31. The number of nitrogens with zero attached hydrogens (tertiary/aromatic N) is 1. The Morgan fingerprint density at radius 3 is 2.70 bits per heavy atom. The number of pyridine rings is 1. The first-order valence-electron chi connectivity index (χ1n) is 7.01. The molecule has 0 radical (unpaired) electrons. The highest BCUT2D eigenvalue weighted by Crippen LogP contribution is 2.22. The maximum atomic E-state index is 6.07. The van der Waals surface area contributed by atoms with Gasteiger partial charge in [0.2, 0.25) is 0 Å². The van der Waals surface area contributed by atoms with Crippen LogP contribution in [0.3, 0.4) is 0 Å². The van der Waals surface area contributed by atoms with Crippen LogP contribution >= 0.6 is 11.6 Å². The second-order valence-corrected chi connectivity index (χ2v) is 5.60. The predicted molar refractivity (Wildman–Crippen MR) is 85.3 cm³/mol. The zero-order valence-electron chi connectivity index (χ0n) is 12.3. The lowest BCUT2D eigenvalue weighted by molar-refractivity contribution is 0.533. The average Bonchev–Trinajstić information content (AvgIpc) is 2.38. The lowest BCUT2D eigenvalue weighted by Gasteiger charge is -2.20. The number of aryl methyl sites for hydroxylation is 2. The number of likely N-dealkylation sites (N-methyl/N-ethyl adjacent to an activating group) is 1. The predicted octanol–water partition coefficient (Wildman–Crippen LogP) is 4.25. The van der Waals surface area contributed by atoms with Crippen LogP contribution in [0, 0.1) is 13.8 Å². The van der Waals surface area contributed by atoms with Gasteiger partial charge >= 0.3 is 0 Å². The summed E-state index contributed by atoms with van der Waals surface area (Å²) in [6.07, 6.45) is 2.83. The molecule has 0 aliphatic carbocycles. The second-order valence-electron chi connectivity index (χ2n) is 5.16. The minimum absolute atomic E-state index is 0.221. The fourth-order valence-corrected chi connectivity index (χ4v) is 2.72. The summed E-state index contributed by atoms with van der Waals surface area (Å²) in [6, 6.07) is 10.4.